The molecule has 0 radical (unpaired) electrons. The molecule has 1 aromatic carbocycles. The average Bonchev–Trinajstić information content (AvgIpc) is 3.36. The summed E-state index contributed by atoms with van der Waals surface area (Å²) in [5.74, 6) is -0.125. The van der Waals surface area contributed by atoms with Crippen LogP contribution in [0.3, 0.4) is 0 Å². The van der Waals surface area contributed by atoms with Crippen LogP contribution < -0.4 is 10.2 Å². The number of amides is 1. The summed E-state index contributed by atoms with van der Waals surface area (Å²) < 4.78 is 5.53. The highest BCUT2D eigenvalue weighted by Crippen LogP contribution is 2.36. The van der Waals surface area contributed by atoms with Crippen molar-refractivity contribution >= 4 is 17.3 Å². The summed E-state index contributed by atoms with van der Waals surface area (Å²) in [6.07, 6.45) is 3.69. The monoisotopic (exact) mass is 329 g/mol. The van der Waals surface area contributed by atoms with E-state index in [4.69, 9.17) is 9.57 Å². The number of ether oxygens (including phenoxy) is 1. The number of hydrogen-bond acceptors (Lipinski definition) is 5. The van der Waals surface area contributed by atoms with Crippen LogP contribution in [0.15, 0.2) is 35.5 Å². The fourth-order valence-electron chi connectivity index (χ4n) is 3.68. The molecule has 3 aliphatic rings. The third-order valence-corrected chi connectivity index (χ3v) is 5.05. The van der Waals surface area contributed by atoms with Crippen LogP contribution >= 0.6 is 0 Å². The summed E-state index contributed by atoms with van der Waals surface area (Å²) in [5.41, 5.74) is 1.34. The van der Waals surface area contributed by atoms with Crippen molar-refractivity contribution in [2.75, 3.05) is 31.1 Å². The fourth-order valence-corrected chi connectivity index (χ4v) is 3.68. The Hall–Kier alpha value is -2.08. The van der Waals surface area contributed by atoms with Crippen LogP contribution in [0.2, 0.25) is 0 Å². The Labute approximate surface area is 141 Å². The van der Waals surface area contributed by atoms with Gasteiger partial charge in [0.1, 0.15) is 5.71 Å². The molecule has 128 valence electrons. The van der Waals surface area contributed by atoms with Crippen LogP contribution in [0, 0.1) is 0 Å². The van der Waals surface area contributed by atoms with Crippen molar-refractivity contribution in [2.45, 2.75) is 37.4 Å². The Morgan fingerprint density at radius 1 is 1.38 bits per heavy atom. The van der Waals surface area contributed by atoms with Gasteiger partial charge in [0.2, 0.25) is 0 Å². The van der Waals surface area contributed by atoms with Gasteiger partial charge in [-0.05, 0) is 25.0 Å². The van der Waals surface area contributed by atoms with Crippen molar-refractivity contribution in [1.82, 2.24) is 5.32 Å². The first-order valence-corrected chi connectivity index (χ1v) is 8.69. The van der Waals surface area contributed by atoms with E-state index in [0.29, 0.717) is 18.7 Å². The largest absolute Gasteiger partial charge is 0.386 e. The molecule has 2 saturated heterocycles. The normalized spacial score (nSPS) is 28.9. The molecule has 3 aliphatic heterocycles. The van der Waals surface area contributed by atoms with Gasteiger partial charge in [0.05, 0.1) is 12.6 Å². The molecule has 24 heavy (non-hydrogen) atoms. The minimum absolute atomic E-state index is 0.125. The topological polar surface area (TPSA) is 63.2 Å². The number of nitrogens with zero attached hydrogens (tertiary/aromatic N) is 2. The maximum absolute atomic E-state index is 12.3. The minimum atomic E-state index is -0.355. The van der Waals surface area contributed by atoms with Crippen LogP contribution in [0.1, 0.15) is 25.7 Å². The zero-order chi connectivity index (χ0) is 16.4. The first-order chi connectivity index (χ1) is 11.7. The van der Waals surface area contributed by atoms with E-state index < -0.39 is 0 Å². The summed E-state index contributed by atoms with van der Waals surface area (Å²) in [5, 5.41) is 7.01. The first kappa shape index (κ1) is 15.4. The Balaban J connectivity index is 1.31. The van der Waals surface area contributed by atoms with Crippen molar-refractivity contribution in [3.8, 4) is 0 Å². The predicted molar refractivity (Wildman–Crippen MR) is 91.1 cm³/mol. The van der Waals surface area contributed by atoms with Crippen molar-refractivity contribution in [3.63, 3.8) is 0 Å². The van der Waals surface area contributed by atoms with Gasteiger partial charge in [0.25, 0.3) is 5.91 Å². The van der Waals surface area contributed by atoms with E-state index in [2.05, 4.69) is 27.5 Å². The maximum atomic E-state index is 12.3. The molecule has 0 aromatic heterocycles. The van der Waals surface area contributed by atoms with Gasteiger partial charge in [0, 0.05) is 38.2 Å². The van der Waals surface area contributed by atoms with Crippen molar-refractivity contribution < 1.29 is 14.4 Å². The summed E-state index contributed by atoms with van der Waals surface area (Å²) in [7, 11) is 0. The van der Waals surface area contributed by atoms with Gasteiger partial charge in [0.15, 0.2) is 5.60 Å². The number of carbonyl (C=O) groups is 1. The van der Waals surface area contributed by atoms with Gasteiger partial charge in [-0.3, -0.25) is 4.79 Å². The smallest absolute Gasteiger partial charge is 0.269 e. The molecule has 2 fully saturated rings. The second-order valence-corrected chi connectivity index (χ2v) is 6.84. The Bertz CT molecular complexity index is 628. The van der Waals surface area contributed by atoms with E-state index in [1.165, 1.54) is 5.69 Å². The van der Waals surface area contributed by atoms with Crippen LogP contribution in [0.4, 0.5) is 5.69 Å². The fraction of sp³-hybridized carbons (Fsp3) is 0.556. The van der Waals surface area contributed by atoms with Crippen LogP contribution in [-0.2, 0) is 14.4 Å². The van der Waals surface area contributed by atoms with Gasteiger partial charge in [-0.1, -0.05) is 23.4 Å². The van der Waals surface area contributed by atoms with Gasteiger partial charge in [-0.2, -0.15) is 0 Å². The molecular formula is C18H23N3O3. The van der Waals surface area contributed by atoms with Crippen LogP contribution in [0.5, 0.6) is 0 Å². The second kappa shape index (κ2) is 6.43. The molecule has 1 aromatic rings. The molecule has 3 heterocycles. The van der Waals surface area contributed by atoms with E-state index in [1.54, 1.807) is 0 Å². The average molecular weight is 329 g/mol. The predicted octanol–water partition coefficient (Wildman–Crippen LogP) is 1.71. The summed E-state index contributed by atoms with van der Waals surface area (Å²) in [4.78, 5) is 20.3. The molecule has 1 spiro atoms. The summed E-state index contributed by atoms with van der Waals surface area (Å²) >= 11 is 0. The Morgan fingerprint density at radius 3 is 3.04 bits per heavy atom. The van der Waals surface area contributed by atoms with Gasteiger partial charge < -0.3 is 19.8 Å². The number of hydrogen-bond donors (Lipinski definition) is 1. The van der Waals surface area contributed by atoms with Crippen molar-refractivity contribution in [3.05, 3.63) is 30.3 Å². The first-order valence-electron chi connectivity index (χ1n) is 8.69. The van der Waals surface area contributed by atoms with Crippen LogP contribution in [0.25, 0.3) is 0 Å². The van der Waals surface area contributed by atoms with Crippen LogP contribution in [-0.4, -0.2) is 49.6 Å². The summed E-state index contributed by atoms with van der Waals surface area (Å²) in [6, 6.07) is 10.3. The number of nitrogens with one attached hydrogen (secondary N) is 1. The molecule has 1 amide bonds. The number of anilines is 1. The number of carbonyl (C=O) groups excluding carboxylic acids is 1. The van der Waals surface area contributed by atoms with E-state index in [1.807, 2.05) is 18.2 Å². The van der Waals surface area contributed by atoms with Gasteiger partial charge in [-0.25, -0.2) is 0 Å². The highest BCUT2D eigenvalue weighted by atomic mass is 16.7. The molecule has 0 bridgehead atoms. The number of rotatable bonds is 4. The number of oxime groups is 1. The maximum Gasteiger partial charge on any atom is 0.269 e. The molecule has 6 nitrogen and oxygen atoms in total. The Kier molecular flexibility index (Phi) is 4.14. The zero-order valence-corrected chi connectivity index (χ0v) is 13.7. The van der Waals surface area contributed by atoms with Gasteiger partial charge in [-0.15, -0.1) is 0 Å². The molecule has 0 saturated carbocycles. The lowest BCUT2D eigenvalue weighted by Gasteiger charge is -2.22. The van der Waals surface area contributed by atoms with E-state index in [9.17, 15) is 4.79 Å². The van der Waals surface area contributed by atoms with Crippen molar-refractivity contribution in [1.29, 1.82) is 0 Å². The molecule has 6 heteroatoms. The summed E-state index contributed by atoms with van der Waals surface area (Å²) in [6.45, 7) is 3.04. The number of benzene rings is 1. The second-order valence-electron chi connectivity index (χ2n) is 6.84. The minimum Gasteiger partial charge on any atom is -0.386 e. The number of para-hydroxylation sites is 1. The molecule has 2 atom stereocenters. The van der Waals surface area contributed by atoms with E-state index in [-0.39, 0.29) is 17.6 Å². The third-order valence-electron chi connectivity index (χ3n) is 5.05. The SMILES string of the molecule is O=C(NC[C@H]1CCCO1)C1=NO[C@@]2(CCN(c3ccccc3)C2)C1. The van der Waals surface area contributed by atoms with Crippen molar-refractivity contribution in [2.24, 2.45) is 5.16 Å². The lowest BCUT2D eigenvalue weighted by molar-refractivity contribution is -0.115. The third kappa shape index (κ3) is 3.11. The van der Waals surface area contributed by atoms with Gasteiger partial charge >= 0.3 is 0 Å². The molecule has 1 N–H and O–H groups in total. The van der Waals surface area contributed by atoms with E-state index in [0.717, 1.165) is 39.0 Å². The Morgan fingerprint density at radius 2 is 2.25 bits per heavy atom. The molecular weight excluding hydrogens is 306 g/mol. The highest BCUT2D eigenvalue weighted by molar-refractivity contribution is 6.39. The lowest BCUT2D eigenvalue weighted by atomic mass is 9.96. The standard InChI is InChI=1S/C18H23N3O3/c22-17(19-12-15-7-4-10-23-15)16-11-18(24-20-16)8-9-21(13-18)14-5-2-1-3-6-14/h1-3,5-6,15H,4,7-13H2,(H,19,22)/t15-,18+/m1/s1. The van der Waals surface area contributed by atoms with E-state index >= 15 is 0 Å². The highest BCUT2D eigenvalue weighted by Gasteiger charge is 2.46. The zero-order valence-electron chi connectivity index (χ0n) is 13.7. The molecule has 0 aliphatic carbocycles. The quantitative estimate of drug-likeness (QED) is 0.913. The molecule has 4 rings (SSSR count). The molecule has 0 unspecified atom stereocenters. The lowest BCUT2D eigenvalue weighted by Crippen LogP contribution is -2.39.